The number of esters is 1. The average Bonchev–Trinajstić information content (AvgIpc) is 3.48. The van der Waals surface area contributed by atoms with Crippen LogP contribution in [0.1, 0.15) is 44.1 Å². The van der Waals surface area contributed by atoms with E-state index in [1.807, 2.05) is 42.5 Å². The molecule has 0 unspecified atom stereocenters. The fourth-order valence-electron chi connectivity index (χ4n) is 5.06. The van der Waals surface area contributed by atoms with Gasteiger partial charge in [0.1, 0.15) is 5.76 Å². The molecule has 2 aliphatic heterocycles. The first-order valence-corrected chi connectivity index (χ1v) is 13.4. The average molecular weight is 521 g/mol. The van der Waals surface area contributed by atoms with E-state index in [2.05, 4.69) is 28.9 Å². The van der Waals surface area contributed by atoms with Gasteiger partial charge in [0, 0.05) is 31.3 Å². The molecule has 0 spiro atoms. The van der Waals surface area contributed by atoms with Crippen LogP contribution in [0.5, 0.6) is 0 Å². The second-order valence-electron chi connectivity index (χ2n) is 9.57. The number of piperidine rings is 1. The molecule has 9 heteroatoms. The van der Waals surface area contributed by atoms with E-state index in [4.69, 9.17) is 9.15 Å². The minimum absolute atomic E-state index is 0.211. The number of carbonyl (C=O) groups excluding carboxylic acids is 1. The summed E-state index contributed by atoms with van der Waals surface area (Å²) in [7, 11) is 4.25. The Morgan fingerprint density at radius 1 is 1.19 bits per heavy atom. The molecule has 0 saturated carbocycles. The van der Waals surface area contributed by atoms with Crippen molar-refractivity contribution in [3.8, 4) is 0 Å². The van der Waals surface area contributed by atoms with E-state index >= 15 is 0 Å². The molecule has 2 aromatic heterocycles. The highest BCUT2D eigenvalue weighted by Crippen LogP contribution is 2.30. The first kappa shape index (κ1) is 25.2. The minimum Gasteiger partial charge on any atom is -0.463 e. The van der Waals surface area contributed by atoms with Gasteiger partial charge in [-0.3, -0.25) is 9.36 Å². The second kappa shape index (κ2) is 10.5. The summed E-state index contributed by atoms with van der Waals surface area (Å²) in [6.45, 7) is 5.67. The molecule has 0 aliphatic carbocycles. The van der Waals surface area contributed by atoms with Gasteiger partial charge in [0.25, 0.3) is 5.56 Å². The molecular weight excluding hydrogens is 488 g/mol. The van der Waals surface area contributed by atoms with Crippen molar-refractivity contribution >= 4 is 29.3 Å². The molecular formula is C28H32N4O4S. The van der Waals surface area contributed by atoms with Crippen LogP contribution in [0.3, 0.4) is 0 Å². The minimum atomic E-state index is -0.608. The van der Waals surface area contributed by atoms with Crippen molar-refractivity contribution in [2.24, 2.45) is 4.99 Å². The summed E-state index contributed by atoms with van der Waals surface area (Å²) in [6.07, 6.45) is 3.94. The molecule has 0 amide bonds. The molecule has 1 aromatic carbocycles. The van der Waals surface area contributed by atoms with Gasteiger partial charge in [0.2, 0.25) is 0 Å². The molecule has 0 radical (unpaired) electrons. The number of fused-ring (bicyclic) bond motifs is 1. The number of carbonyl (C=O) groups is 1. The molecule has 0 N–H and O–H groups in total. The maximum atomic E-state index is 13.7. The monoisotopic (exact) mass is 520 g/mol. The predicted octanol–water partition coefficient (Wildman–Crippen LogP) is 2.92. The maximum absolute atomic E-state index is 13.7. The summed E-state index contributed by atoms with van der Waals surface area (Å²) in [6, 6.07) is 13.4. The van der Waals surface area contributed by atoms with Crippen molar-refractivity contribution in [2.75, 3.05) is 38.7 Å². The Kier molecular flexibility index (Phi) is 7.17. The van der Waals surface area contributed by atoms with Crippen LogP contribution in [0, 0.1) is 0 Å². The number of benzene rings is 1. The van der Waals surface area contributed by atoms with Crippen LogP contribution >= 0.6 is 11.3 Å². The fourth-order valence-corrected chi connectivity index (χ4v) is 6.09. The lowest BCUT2D eigenvalue weighted by atomic mass is 9.96. The van der Waals surface area contributed by atoms with E-state index in [9.17, 15) is 9.59 Å². The van der Waals surface area contributed by atoms with Crippen molar-refractivity contribution in [3.05, 3.63) is 84.7 Å². The van der Waals surface area contributed by atoms with Crippen LogP contribution in [0.4, 0.5) is 5.88 Å². The standard InChI is InChI=1S/C28H32N4O4S/c1-5-35-27(34)24-18(2)29-28-32(25(24)19-9-7-6-8-10-19)26(33)22(37-28)17-21-11-12-23(36-21)31-15-13-20(14-16-31)30(3)4/h6-12,17,20,25H,5,13-16H2,1-4H3/b22-17-/t25-/m1/s1. The number of hydrogen-bond donors (Lipinski definition) is 0. The third kappa shape index (κ3) is 4.93. The lowest BCUT2D eigenvalue weighted by Gasteiger charge is -2.35. The van der Waals surface area contributed by atoms with E-state index in [1.165, 1.54) is 11.3 Å². The Labute approximate surface area is 219 Å². The lowest BCUT2D eigenvalue weighted by molar-refractivity contribution is -0.139. The Bertz CT molecular complexity index is 1490. The topological polar surface area (TPSA) is 80.3 Å². The fraction of sp³-hybridized carbons (Fsp3) is 0.393. The van der Waals surface area contributed by atoms with E-state index in [0.29, 0.717) is 32.4 Å². The third-order valence-electron chi connectivity index (χ3n) is 7.02. The van der Waals surface area contributed by atoms with Crippen molar-refractivity contribution in [1.82, 2.24) is 9.47 Å². The van der Waals surface area contributed by atoms with Crippen LogP contribution in [-0.4, -0.2) is 55.3 Å². The molecule has 8 nitrogen and oxygen atoms in total. The van der Waals surface area contributed by atoms with Crippen molar-refractivity contribution in [2.45, 2.75) is 38.8 Å². The van der Waals surface area contributed by atoms with Crippen LogP contribution in [0.25, 0.3) is 6.08 Å². The summed E-state index contributed by atoms with van der Waals surface area (Å²) in [5.74, 6) is 0.979. The zero-order valence-corrected chi connectivity index (χ0v) is 22.5. The Morgan fingerprint density at radius 2 is 1.92 bits per heavy atom. The SMILES string of the molecule is CCOC(=O)C1=C(C)N=c2s/c(=C\c3ccc(N4CCC(N(C)C)CC4)o3)c(=O)n2[C@@H]1c1ccccc1. The van der Waals surface area contributed by atoms with Gasteiger partial charge < -0.3 is 19.0 Å². The highest BCUT2D eigenvalue weighted by molar-refractivity contribution is 7.07. The van der Waals surface area contributed by atoms with Gasteiger partial charge in [0.05, 0.1) is 28.5 Å². The zero-order chi connectivity index (χ0) is 26.1. The van der Waals surface area contributed by atoms with E-state index in [-0.39, 0.29) is 12.2 Å². The van der Waals surface area contributed by atoms with E-state index in [0.717, 1.165) is 37.4 Å². The van der Waals surface area contributed by atoms with Crippen LogP contribution < -0.4 is 19.8 Å². The highest BCUT2D eigenvalue weighted by Gasteiger charge is 2.33. The second-order valence-corrected chi connectivity index (χ2v) is 10.6. The van der Waals surface area contributed by atoms with Gasteiger partial charge >= 0.3 is 5.97 Å². The summed E-state index contributed by atoms with van der Waals surface area (Å²) in [5, 5.41) is 0. The largest absolute Gasteiger partial charge is 0.463 e. The number of ether oxygens (including phenoxy) is 1. The summed E-state index contributed by atoms with van der Waals surface area (Å²) < 4.78 is 13.6. The first-order chi connectivity index (χ1) is 17.9. The number of aromatic nitrogens is 1. The smallest absolute Gasteiger partial charge is 0.338 e. The number of anilines is 1. The quantitative estimate of drug-likeness (QED) is 0.465. The van der Waals surface area contributed by atoms with Gasteiger partial charge in [-0.15, -0.1) is 0 Å². The molecule has 37 heavy (non-hydrogen) atoms. The maximum Gasteiger partial charge on any atom is 0.338 e. The molecule has 2 aliphatic rings. The van der Waals surface area contributed by atoms with Gasteiger partial charge in [0.15, 0.2) is 10.7 Å². The van der Waals surface area contributed by atoms with Crippen molar-refractivity contribution in [1.29, 1.82) is 0 Å². The molecule has 5 rings (SSSR count). The molecule has 1 saturated heterocycles. The number of hydrogen-bond acceptors (Lipinski definition) is 8. The highest BCUT2D eigenvalue weighted by atomic mass is 32.1. The van der Waals surface area contributed by atoms with E-state index in [1.54, 1.807) is 24.5 Å². The van der Waals surface area contributed by atoms with Crippen molar-refractivity contribution < 1.29 is 13.9 Å². The summed E-state index contributed by atoms with van der Waals surface area (Å²) in [5.41, 5.74) is 1.56. The van der Waals surface area contributed by atoms with Gasteiger partial charge in [-0.2, -0.15) is 0 Å². The van der Waals surface area contributed by atoms with Gasteiger partial charge in [-0.1, -0.05) is 41.7 Å². The third-order valence-corrected chi connectivity index (χ3v) is 8.01. The molecule has 4 heterocycles. The van der Waals surface area contributed by atoms with Crippen LogP contribution in [-0.2, 0) is 9.53 Å². The lowest BCUT2D eigenvalue weighted by Crippen LogP contribution is -2.41. The summed E-state index contributed by atoms with van der Waals surface area (Å²) >= 11 is 1.30. The number of rotatable bonds is 6. The Hall–Kier alpha value is -3.43. The number of nitrogens with zero attached hydrogens (tertiary/aromatic N) is 4. The van der Waals surface area contributed by atoms with Crippen molar-refractivity contribution in [3.63, 3.8) is 0 Å². The Morgan fingerprint density at radius 3 is 2.59 bits per heavy atom. The molecule has 0 bridgehead atoms. The molecule has 3 aromatic rings. The van der Waals surface area contributed by atoms with Gasteiger partial charge in [-0.25, -0.2) is 9.79 Å². The molecule has 1 atom stereocenters. The van der Waals surface area contributed by atoms with Gasteiger partial charge in [-0.05, 0) is 52.4 Å². The van der Waals surface area contributed by atoms with Crippen LogP contribution in [0.15, 0.2) is 67.9 Å². The predicted molar refractivity (Wildman–Crippen MR) is 144 cm³/mol. The summed E-state index contributed by atoms with van der Waals surface area (Å²) in [4.78, 5) is 36.3. The number of thiazole rings is 1. The van der Waals surface area contributed by atoms with E-state index < -0.39 is 12.0 Å². The van der Waals surface area contributed by atoms with Crippen LogP contribution in [0.2, 0.25) is 0 Å². The number of furan rings is 1. The normalized spacial score (nSPS) is 18.8. The number of allylic oxidation sites excluding steroid dienone is 1. The zero-order valence-electron chi connectivity index (χ0n) is 21.6. The molecule has 194 valence electrons. The first-order valence-electron chi connectivity index (χ1n) is 12.6. The molecule has 1 fully saturated rings. The Balaban J connectivity index is 1.51.